The first-order chi connectivity index (χ1) is 8.59. The van der Waals surface area contributed by atoms with Crippen LogP contribution in [0.25, 0.3) is 0 Å². The van der Waals surface area contributed by atoms with Crippen molar-refractivity contribution >= 4 is 38.8 Å². The molecule has 94 valence electrons. The third-order valence-corrected chi connectivity index (χ3v) is 4.07. The lowest BCUT2D eigenvalue weighted by molar-refractivity contribution is -0.385. The number of hydrogen-bond donors (Lipinski definition) is 1. The van der Waals surface area contributed by atoms with Crippen LogP contribution in [-0.4, -0.2) is 14.9 Å². The van der Waals surface area contributed by atoms with Gasteiger partial charge in [-0.25, -0.2) is 9.97 Å². The van der Waals surface area contributed by atoms with E-state index in [2.05, 4.69) is 31.2 Å². The summed E-state index contributed by atoms with van der Waals surface area (Å²) >= 11 is 4.85. The standard InChI is InChI=1S/C10H9BrN4O2S/c1-6-7(15(16)17)4-13-10(9(6)11)14-5-8-12-2-3-18-8/h2-4H,5H2,1H3,(H,13,14). The Hall–Kier alpha value is -1.54. The Morgan fingerprint density at radius 3 is 2.94 bits per heavy atom. The highest BCUT2D eigenvalue weighted by atomic mass is 79.9. The first kappa shape index (κ1) is 12.9. The summed E-state index contributed by atoms with van der Waals surface area (Å²) in [6, 6.07) is 0. The van der Waals surface area contributed by atoms with E-state index >= 15 is 0 Å². The molecule has 0 bridgehead atoms. The first-order valence-corrected chi connectivity index (χ1v) is 6.68. The Kier molecular flexibility index (Phi) is 3.87. The van der Waals surface area contributed by atoms with Crippen molar-refractivity contribution in [1.82, 2.24) is 9.97 Å². The maximum atomic E-state index is 10.7. The highest BCUT2D eigenvalue weighted by molar-refractivity contribution is 9.10. The summed E-state index contributed by atoms with van der Waals surface area (Å²) in [7, 11) is 0. The minimum Gasteiger partial charge on any atom is -0.363 e. The molecular weight excluding hydrogens is 320 g/mol. The zero-order valence-corrected chi connectivity index (χ0v) is 11.8. The molecule has 2 aromatic rings. The Balaban J connectivity index is 2.19. The fourth-order valence-corrected chi connectivity index (χ4v) is 2.38. The Bertz CT molecular complexity index is 574. The number of anilines is 1. The molecule has 18 heavy (non-hydrogen) atoms. The van der Waals surface area contributed by atoms with Crippen LogP contribution in [0.5, 0.6) is 0 Å². The largest absolute Gasteiger partial charge is 0.363 e. The van der Waals surface area contributed by atoms with E-state index in [-0.39, 0.29) is 5.69 Å². The van der Waals surface area contributed by atoms with E-state index in [0.717, 1.165) is 5.01 Å². The number of aromatic nitrogens is 2. The zero-order chi connectivity index (χ0) is 13.1. The van der Waals surface area contributed by atoms with Crippen LogP contribution in [0.2, 0.25) is 0 Å². The predicted octanol–water partition coefficient (Wildman–Crippen LogP) is 3.13. The summed E-state index contributed by atoms with van der Waals surface area (Å²) in [6.45, 7) is 2.22. The van der Waals surface area contributed by atoms with Gasteiger partial charge in [0.05, 0.1) is 15.9 Å². The van der Waals surface area contributed by atoms with E-state index in [4.69, 9.17) is 0 Å². The molecule has 0 aromatic carbocycles. The number of halogens is 1. The Morgan fingerprint density at radius 2 is 2.33 bits per heavy atom. The number of rotatable bonds is 4. The molecule has 8 heteroatoms. The van der Waals surface area contributed by atoms with Crippen LogP contribution in [0.15, 0.2) is 22.2 Å². The summed E-state index contributed by atoms with van der Waals surface area (Å²) in [5.74, 6) is 0.577. The van der Waals surface area contributed by atoms with Crippen molar-refractivity contribution in [2.75, 3.05) is 5.32 Å². The summed E-state index contributed by atoms with van der Waals surface area (Å²) in [4.78, 5) is 18.5. The van der Waals surface area contributed by atoms with E-state index < -0.39 is 4.92 Å². The molecule has 0 atom stereocenters. The molecule has 0 amide bonds. The fraction of sp³-hybridized carbons (Fsp3) is 0.200. The van der Waals surface area contributed by atoms with E-state index in [1.807, 2.05) is 5.38 Å². The van der Waals surface area contributed by atoms with Gasteiger partial charge >= 0.3 is 0 Å². The van der Waals surface area contributed by atoms with E-state index in [1.165, 1.54) is 17.5 Å². The lowest BCUT2D eigenvalue weighted by Crippen LogP contribution is -2.04. The number of nitro groups is 1. The normalized spacial score (nSPS) is 10.3. The highest BCUT2D eigenvalue weighted by Crippen LogP contribution is 2.30. The second kappa shape index (κ2) is 5.40. The Labute approximate surface area is 115 Å². The van der Waals surface area contributed by atoms with Crippen molar-refractivity contribution in [3.8, 4) is 0 Å². The monoisotopic (exact) mass is 328 g/mol. The van der Waals surface area contributed by atoms with Crippen LogP contribution in [-0.2, 0) is 6.54 Å². The zero-order valence-electron chi connectivity index (χ0n) is 9.38. The second-order valence-corrected chi connectivity index (χ2v) is 5.24. The molecular formula is C10H9BrN4O2S. The van der Waals surface area contributed by atoms with Crippen LogP contribution in [0.4, 0.5) is 11.5 Å². The fourth-order valence-electron chi connectivity index (χ4n) is 1.38. The number of pyridine rings is 1. The smallest absolute Gasteiger partial charge is 0.291 e. The quantitative estimate of drug-likeness (QED) is 0.688. The van der Waals surface area contributed by atoms with Crippen molar-refractivity contribution in [3.63, 3.8) is 0 Å². The minimum atomic E-state index is -0.447. The molecule has 0 aliphatic carbocycles. The van der Waals surface area contributed by atoms with Gasteiger partial charge in [-0.3, -0.25) is 10.1 Å². The van der Waals surface area contributed by atoms with Gasteiger partial charge in [-0.2, -0.15) is 0 Å². The molecule has 0 saturated heterocycles. The van der Waals surface area contributed by atoms with Crippen LogP contribution < -0.4 is 5.32 Å². The summed E-state index contributed by atoms with van der Waals surface area (Å²) < 4.78 is 0.605. The highest BCUT2D eigenvalue weighted by Gasteiger charge is 2.16. The molecule has 2 aromatic heterocycles. The van der Waals surface area contributed by atoms with Crippen LogP contribution in [0.1, 0.15) is 10.6 Å². The second-order valence-electron chi connectivity index (χ2n) is 3.47. The Morgan fingerprint density at radius 1 is 1.56 bits per heavy atom. The van der Waals surface area contributed by atoms with Gasteiger partial charge < -0.3 is 5.32 Å². The van der Waals surface area contributed by atoms with Crippen molar-refractivity contribution in [2.45, 2.75) is 13.5 Å². The van der Waals surface area contributed by atoms with Crippen molar-refractivity contribution in [2.24, 2.45) is 0 Å². The summed E-state index contributed by atoms with van der Waals surface area (Å²) in [5.41, 5.74) is 0.554. The van der Waals surface area contributed by atoms with E-state index in [9.17, 15) is 10.1 Å². The van der Waals surface area contributed by atoms with Gasteiger partial charge in [0.2, 0.25) is 0 Å². The topological polar surface area (TPSA) is 81.0 Å². The average molecular weight is 329 g/mol. The average Bonchev–Trinajstić information content (AvgIpc) is 2.83. The SMILES string of the molecule is Cc1c([N+](=O)[O-])cnc(NCc2nccs2)c1Br. The predicted molar refractivity (Wildman–Crippen MR) is 72.8 cm³/mol. The third-order valence-electron chi connectivity index (χ3n) is 2.32. The minimum absolute atomic E-state index is 0.00155. The summed E-state index contributed by atoms with van der Waals surface area (Å²) in [5, 5.41) is 16.7. The van der Waals surface area contributed by atoms with Crippen molar-refractivity contribution < 1.29 is 4.92 Å². The molecule has 0 radical (unpaired) electrons. The van der Waals surface area contributed by atoms with Gasteiger partial charge in [-0.1, -0.05) is 0 Å². The van der Waals surface area contributed by atoms with Gasteiger partial charge in [-0.05, 0) is 22.9 Å². The molecule has 0 aliphatic heterocycles. The number of hydrogen-bond acceptors (Lipinski definition) is 6. The molecule has 0 unspecified atom stereocenters. The molecule has 0 fully saturated rings. The number of nitrogens with zero attached hydrogens (tertiary/aromatic N) is 3. The van der Waals surface area contributed by atoms with Gasteiger partial charge in [0.1, 0.15) is 17.0 Å². The molecule has 0 aliphatic rings. The molecule has 2 heterocycles. The van der Waals surface area contributed by atoms with E-state index in [1.54, 1.807) is 13.1 Å². The van der Waals surface area contributed by atoms with Crippen LogP contribution in [0.3, 0.4) is 0 Å². The van der Waals surface area contributed by atoms with Crippen LogP contribution >= 0.6 is 27.3 Å². The molecule has 0 saturated carbocycles. The first-order valence-electron chi connectivity index (χ1n) is 5.01. The molecule has 0 spiro atoms. The lowest BCUT2D eigenvalue weighted by atomic mass is 10.2. The molecule has 2 rings (SSSR count). The van der Waals surface area contributed by atoms with Crippen molar-refractivity contribution in [3.05, 3.63) is 42.9 Å². The van der Waals surface area contributed by atoms with Crippen molar-refractivity contribution in [1.29, 1.82) is 0 Å². The lowest BCUT2D eigenvalue weighted by Gasteiger charge is -2.08. The van der Waals surface area contributed by atoms with Gasteiger partial charge in [0.25, 0.3) is 5.69 Å². The van der Waals surface area contributed by atoms with Crippen LogP contribution in [0, 0.1) is 17.0 Å². The van der Waals surface area contributed by atoms with Gasteiger partial charge in [0, 0.05) is 17.1 Å². The maximum absolute atomic E-state index is 10.7. The van der Waals surface area contributed by atoms with Gasteiger partial charge in [-0.15, -0.1) is 11.3 Å². The van der Waals surface area contributed by atoms with Gasteiger partial charge in [0.15, 0.2) is 0 Å². The molecule has 6 nitrogen and oxygen atoms in total. The number of nitrogens with one attached hydrogen (secondary N) is 1. The number of thiazole rings is 1. The van der Waals surface area contributed by atoms with E-state index in [0.29, 0.717) is 22.4 Å². The molecule has 1 N–H and O–H groups in total. The third kappa shape index (κ3) is 2.65. The maximum Gasteiger partial charge on any atom is 0.291 e. The summed E-state index contributed by atoms with van der Waals surface area (Å²) in [6.07, 6.45) is 2.98.